The number of rotatable bonds is 4. The molecule has 0 unspecified atom stereocenters. The number of carboxylic acid groups (broad SMARTS) is 1. The van der Waals surface area contributed by atoms with E-state index in [4.69, 9.17) is 10.8 Å². The molecule has 2 aromatic carbocycles. The van der Waals surface area contributed by atoms with Gasteiger partial charge in [0.1, 0.15) is 17.2 Å². The summed E-state index contributed by atoms with van der Waals surface area (Å²) >= 11 is 0. The highest BCUT2D eigenvalue weighted by Crippen LogP contribution is 2.26. The maximum absolute atomic E-state index is 13.2. The van der Waals surface area contributed by atoms with Crippen LogP contribution in [0.25, 0.3) is 16.8 Å². The van der Waals surface area contributed by atoms with Crippen LogP contribution in [-0.4, -0.2) is 31.6 Å². The van der Waals surface area contributed by atoms with Crippen molar-refractivity contribution in [3.8, 4) is 11.1 Å². The van der Waals surface area contributed by atoms with Gasteiger partial charge in [-0.25, -0.2) is 14.2 Å². The van der Waals surface area contributed by atoms with E-state index in [0.717, 1.165) is 0 Å². The number of fused-ring (bicyclic) bond motifs is 1. The van der Waals surface area contributed by atoms with Gasteiger partial charge >= 0.3 is 5.97 Å². The van der Waals surface area contributed by atoms with E-state index in [1.54, 1.807) is 18.2 Å². The molecule has 8 nitrogen and oxygen atoms in total. The van der Waals surface area contributed by atoms with Gasteiger partial charge in [-0.05, 0) is 35.9 Å². The molecule has 0 saturated heterocycles. The van der Waals surface area contributed by atoms with Gasteiger partial charge in [-0.2, -0.15) is 9.61 Å². The van der Waals surface area contributed by atoms with E-state index in [9.17, 15) is 14.0 Å². The Hall–Kier alpha value is -4.27. The van der Waals surface area contributed by atoms with Crippen molar-refractivity contribution in [2.24, 2.45) is 0 Å². The summed E-state index contributed by atoms with van der Waals surface area (Å²) in [5.41, 5.74) is 8.29. The lowest BCUT2D eigenvalue weighted by atomic mass is 10.1. The first kappa shape index (κ1) is 18.1. The predicted octanol–water partition coefficient (Wildman–Crippen LogP) is 3.07. The summed E-state index contributed by atoms with van der Waals surface area (Å²) in [6.45, 7) is 0. The topological polar surface area (TPSA) is 123 Å². The fraction of sp³-hybridized carbons (Fsp3) is 0. The number of nitrogens with zero attached hydrogens (tertiary/aromatic N) is 3. The summed E-state index contributed by atoms with van der Waals surface area (Å²) in [6, 6.07) is 11.7. The second kappa shape index (κ2) is 7.04. The van der Waals surface area contributed by atoms with Crippen molar-refractivity contribution >= 4 is 29.0 Å². The SMILES string of the molecule is Nc1c(C(=O)Nc2cccc(C(=O)O)c2)cnc2c(-c3ccc(F)cc3)cnn12. The number of nitrogens with two attached hydrogens (primary N) is 1. The molecule has 0 aliphatic carbocycles. The number of amides is 1. The molecule has 0 bridgehead atoms. The van der Waals surface area contributed by atoms with Crippen LogP contribution in [0.15, 0.2) is 60.9 Å². The third kappa shape index (κ3) is 3.36. The molecule has 1 amide bonds. The Morgan fingerprint density at radius 1 is 1.10 bits per heavy atom. The van der Waals surface area contributed by atoms with E-state index in [1.807, 2.05) is 0 Å². The molecule has 0 saturated carbocycles. The van der Waals surface area contributed by atoms with Gasteiger partial charge in [-0.1, -0.05) is 18.2 Å². The van der Waals surface area contributed by atoms with E-state index in [-0.39, 0.29) is 22.8 Å². The van der Waals surface area contributed by atoms with E-state index < -0.39 is 11.9 Å². The van der Waals surface area contributed by atoms with Crippen LogP contribution in [0.3, 0.4) is 0 Å². The molecule has 2 heterocycles. The number of carbonyl (C=O) groups excluding carboxylic acids is 1. The molecule has 2 aromatic heterocycles. The largest absolute Gasteiger partial charge is 0.478 e. The first-order chi connectivity index (χ1) is 13.9. The van der Waals surface area contributed by atoms with Crippen LogP contribution in [0.5, 0.6) is 0 Å². The zero-order valence-corrected chi connectivity index (χ0v) is 14.8. The third-order valence-electron chi connectivity index (χ3n) is 4.33. The van der Waals surface area contributed by atoms with Crippen molar-refractivity contribution in [3.05, 3.63) is 77.9 Å². The second-order valence-electron chi connectivity index (χ2n) is 6.20. The Bertz CT molecular complexity index is 1250. The lowest BCUT2D eigenvalue weighted by Crippen LogP contribution is -2.17. The Kier molecular flexibility index (Phi) is 4.40. The molecule has 4 rings (SSSR count). The highest BCUT2D eigenvalue weighted by molar-refractivity contribution is 6.07. The third-order valence-corrected chi connectivity index (χ3v) is 4.33. The number of hydrogen-bond donors (Lipinski definition) is 3. The number of aromatic nitrogens is 3. The van der Waals surface area contributed by atoms with Crippen molar-refractivity contribution in [2.45, 2.75) is 0 Å². The number of nitrogens with one attached hydrogen (secondary N) is 1. The average Bonchev–Trinajstić information content (AvgIpc) is 3.14. The van der Waals surface area contributed by atoms with Crippen LogP contribution in [0, 0.1) is 5.82 Å². The Morgan fingerprint density at radius 3 is 2.59 bits per heavy atom. The minimum absolute atomic E-state index is 0.0420. The Morgan fingerprint density at radius 2 is 1.86 bits per heavy atom. The number of aromatic carboxylic acids is 1. The molecule has 9 heteroatoms. The van der Waals surface area contributed by atoms with E-state index in [0.29, 0.717) is 22.5 Å². The van der Waals surface area contributed by atoms with Gasteiger partial charge in [-0.15, -0.1) is 0 Å². The zero-order valence-electron chi connectivity index (χ0n) is 14.8. The van der Waals surface area contributed by atoms with Crippen molar-refractivity contribution in [1.29, 1.82) is 0 Å². The van der Waals surface area contributed by atoms with Crippen LogP contribution >= 0.6 is 0 Å². The smallest absolute Gasteiger partial charge is 0.335 e. The first-order valence-electron chi connectivity index (χ1n) is 8.47. The lowest BCUT2D eigenvalue weighted by molar-refractivity contribution is 0.0696. The molecule has 0 aliphatic rings. The molecule has 0 radical (unpaired) electrons. The number of carboxylic acids is 1. The number of anilines is 2. The maximum atomic E-state index is 13.2. The summed E-state index contributed by atoms with van der Waals surface area (Å²) in [7, 11) is 0. The number of hydrogen-bond acceptors (Lipinski definition) is 5. The maximum Gasteiger partial charge on any atom is 0.335 e. The summed E-state index contributed by atoms with van der Waals surface area (Å²) < 4.78 is 14.5. The van der Waals surface area contributed by atoms with Gasteiger partial charge < -0.3 is 16.2 Å². The second-order valence-corrected chi connectivity index (χ2v) is 6.20. The number of nitrogen functional groups attached to an aromatic ring is 1. The first-order valence-corrected chi connectivity index (χ1v) is 8.47. The highest BCUT2D eigenvalue weighted by Gasteiger charge is 2.17. The summed E-state index contributed by atoms with van der Waals surface area (Å²) in [4.78, 5) is 28.0. The molecule has 4 aromatic rings. The fourth-order valence-electron chi connectivity index (χ4n) is 2.88. The van der Waals surface area contributed by atoms with Gasteiger partial charge in [0.2, 0.25) is 0 Å². The van der Waals surface area contributed by atoms with E-state index in [2.05, 4.69) is 15.4 Å². The molecule has 4 N–H and O–H groups in total. The van der Waals surface area contributed by atoms with Gasteiger partial charge in [0.15, 0.2) is 5.65 Å². The fourth-order valence-corrected chi connectivity index (χ4v) is 2.88. The van der Waals surface area contributed by atoms with Gasteiger partial charge in [0.05, 0.1) is 11.8 Å². The molecular formula is C20H14FN5O3. The van der Waals surface area contributed by atoms with E-state index in [1.165, 1.54) is 47.2 Å². The normalized spacial score (nSPS) is 10.8. The van der Waals surface area contributed by atoms with Crippen LogP contribution in [-0.2, 0) is 0 Å². The standard InChI is InChI=1S/C20H14FN5O3/c21-13-6-4-11(5-7-13)15-10-24-26-17(22)16(9-23-18(15)26)19(27)25-14-3-1-2-12(8-14)20(28)29/h1-10H,22H2,(H,25,27)(H,28,29). The number of benzene rings is 2. The molecule has 0 atom stereocenters. The summed E-state index contributed by atoms with van der Waals surface area (Å²) in [6.07, 6.45) is 2.85. The number of halogens is 1. The predicted molar refractivity (Wildman–Crippen MR) is 104 cm³/mol. The lowest BCUT2D eigenvalue weighted by Gasteiger charge is -2.09. The van der Waals surface area contributed by atoms with Gasteiger partial charge in [0, 0.05) is 17.4 Å². The van der Waals surface area contributed by atoms with Crippen molar-refractivity contribution in [1.82, 2.24) is 14.6 Å². The number of carbonyl (C=O) groups is 2. The van der Waals surface area contributed by atoms with Crippen LogP contribution < -0.4 is 11.1 Å². The van der Waals surface area contributed by atoms with Crippen LogP contribution in [0.2, 0.25) is 0 Å². The molecule has 0 spiro atoms. The molecule has 0 fully saturated rings. The minimum atomic E-state index is -1.10. The average molecular weight is 391 g/mol. The Labute approximate surface area is 163 Å². The van der Waals surface area contributed by atoms with Crippen molar-refractivity contribution in [2.75, 3.05) is 11.1 Å². The Balaban J connectivity index is 1.67. The highest BCUT2D eigenvalue weighted by atomic mass is 19.1. The van der Waals surface area contributed by atoms with E-state index >= 15 is 0 Å². The van der Waals surface area contributed by atoms with Crippen LogP contribution in [0.4, 0.5) is 15.9 Å². The van der Waals surface area contributed by atoms with Gasteiger partial charge in [0.25, 0.3) is 5.91 Å². The molecule has 144 valence electrons. The monoisotopic (exact) mass is 391 g/mol. The van der Waals surface area contributed by atoms with Crippen molar-refractivity contribution in [3.63, 3.8) is 0 Å². The van der Waals surface area contributed by atoms with Crippen molar-refractivity contribution < 1.29 is 19.1 Å². The molecule has 0 aliphatic heterocycles. The van der Waals surface area contributed by atoms with Crippen LogP contribution in [0.1, 0.15) is 20.7 Å². The molecular weight excluding hydrogens is 377 g/mol. The summed E-state index contributed by atoms with van der Waals surface area (Å²) in [5, 5.41) is 15.8. The van der Waals surface area contributed by atoms with Gasteiger partial charge in [-0.3, -0.25) is 4.79 Å². The molecule has 29 heavy (non-hydrogen) atoms. The minimum Gasteiger partial charge on any atom is -0.478 e. The zero-order chi connectivity index (χ0) is 20.5. The summed E-state index contributed by atoms with van der Waals surface area (Å²) in [5.74, 6) is -1.95. The quantitative estimate of drug-likeness (QED) is 0.491.